The van der Waals surface area contributed by atoms with Gasteiger partial charge >= 0.3 is 0 Å². The topological polar surface area (TPSA) is 84.9 Å². The van der Waals surface area contributed by atoms with Crippen LogP contribution >= 0.6 is 0 Å². The zero-order valence-corrected chi connectivity index (χ0v) is 21.0. The van der Waals surface area contributed by atoms with Gasteiger partial charge in [0, 0.05) is 0 Å². The van der Waals surface area contributed by atoms with Crippen molar-refractivity contribution in [2.45, 2.75) is 11.8 Å². The molecular weight excluding hydrogens is 476 g/mol. The highest BCUT2D eigenvalue weighted by Gasteiger charge is 2.27. The molecule has 1 N–H and O–H groups in total. The molecule has 186 valence electrons. The smallest absolute Gasteiger partial charge is 0.264 e. The quantitative estimate of drug-likeness (QED) is 0.321. The minimum atomic E-state index is -4.00. The van der Waals surface area contributed by atoms with E-state index in [9.17, 15) is 13.2 Å². The number of aryl methyl sites for hydroxylation is 1. The zero-order chi connectivity index (χ0) is 25.5. The van der Waals surface area contributed by atoms with E-state index in [1.165, 1.54) is 19.2 Å². The number of fused-ring (bicyclic) bond motifs is 1. The number of nitrogens with zero attached hydrogens (tertiary/aromatic N) is 1. The van der Waals surface area contributed by atoms with Crippen molar-refractivity contribution in [3.63, 3.8) is 0 Å². The van der Waals surface area contributed by atoms with Crippen LogP contribution in [-0.2, 0) is 14.8 Å². The molecular formula is C28H28N2O5S. The molecule has 4 rings (SSSR count). The fourth-order valence-electron chi connectivity index (χ4n) is 3.70. The van der Waals surface area contributed by atoms with Gasteiger partial charge in [0.25, 0.3) is 10.0 Å². The number of nitrogens with one attached hydrogen (secondary N) is 1. The number of carbonyl (C=O) groups excluding carboxylic acids is 1. The molecule has 0 aliphatic heterocycles. The Morgan fingerprint density at radius 1 is 0.861 bits per heavy atom. The molecule has 4 aromatic rings. The van der Waals surface area contributed by atoms with E-state index in [-0.39, 0.29) is 24.6 Å². The Morgan fingerprint density at radius 2 is 1.53 bits per heavy atom. The van der Waals surface area contributed by atoms with Gasteiger partial charge in [0.1, 0.15) is 24.7 Å². The van der Waals surface area contributed by atoms with Gasteiger partial charge in [-0.15, -0.1) is 0 Å². The Hall–Kier alpha value is -4.04. The van der Waals surface area contributed by atoms with E-state index >= 15 is 0 Å². The van der Waals surface area contributed by atoms with Crippen molar-refractivity contribution >= 4 is 32.4 Å². The maximum atomic E-state index is 13.5. The molecule has 0 aliphatic carbocycles. The van der Waals surface area contributed by atoms with E-state index in [2.05, 4.69) is 5.32 Å². The summed E-state index contributed by atoms with van der Waals surface area (Å²) in [4.78, 5) is 12.8. The van der Waals surface area contributed by atoms with Crippen molar-refractivity contribution < 1.29 is 22.7 Å². The summed E-state index contributed by atoms with van der Waals surface area (Å²) in [7, 11) is -2.49. The molecule has 8 heteroatoms. The molecule has 1 amide bonds. The number of sulfonamides is 1. The number of hydrogen-bond donors (Lipinski definition) is 1. The highest BCUT2D eigenvalue weighted by atomic mass is 32.2. The first-order chi connectivity index (χ1) is 17.4. The average molecular weight is 505 g/mol. The highest BCUT2D eigenvalue weighted by molar-refractivity contribution is 7.92. The molecule has 0 fully saturated rings. The summed E-state index contributed by atoms with van der Waals surface area (Å²) in [6.07, 6.45) is 0. The third-order valence-corrected chi connectivity index (χ3v) is 7.46. The first-order valence-corrected chi connectivity index (χ1v) is 12.9. The van der Waals surface area contributed by atoms with E-state index in [0.29, 0.717) is 17.2 Å². The monoisotopic (exact) mass is 504 g/mol. The minimum Gasteiger partial charge on any atom is -0.497 e. The second-order valence-corrected chi connectivity index (χ2v) is 10.1. The van der Waals surface area contributed by atoms with Crippen LogP contribution in [0.2, 0.25) is 0 Å². The molecule has 0 heterocycles. The van der Waals surface area contributed by atoms with Crippen LogP contribution in [0.15, 0.2) is 95.9 Å². The molecule has 36 heavy (non-hydrogen) atoms. The second-order valence-electron chi connectivity index (χ2n) is 8.23. The Morgan fingerprint density at radius 3 is 2.22 bits per heavy atom. The van der Waals surface area contributed by atoms with Crippen LogP contribution in [-0.4, -0.2) is 41.1 Å². The number of benzene rings is 4. The normalized spacial score (nSPS) is 11.2. The number of amides is 1. The van der Waals surface area contributed by atoms with Crippen LogP contribution in [0.4, 0.5) is 5.69 Å². The lowest BCUT2D eigenvalue weighted by molar-refractivity contribution is -0.119. The highest BCUT2D eigenvalue weighted by Crippen LogP contribution is 2.25. The number of methoxy groups -OCH3 is 1. The van der Waals surface area contributed by atoms with E-state index in [1.54, 1.807) is 36.4 Å². The summed E-state index contributed by atoms with van der Waals surface area (Å²) in [6.45, 7) is 2.03. The Bertz CT molecular complexity index is 1440. The summed E-state index contributed by atoms with van der Waals surface area (Å²) in [5, 5.41) is 4.94. The van der Waals surface area contributed by atoms with E-state index in [4.69, 9.17) is 9.47 Å². The molecule has 0 aliphatic rings. The summed E-state index contributed by atoms with van der Waals surface area (Å²) in [5.74, 6) is 0.807. The van der Waals surface area contributed by atoms with Gasteiger partial charge in [-0.25, -0.2) is 8.42 Å². The van der Waals surface area contributed by atoms with Gasteiger partial charge in [-0.1, -0.05) is 48.0 Å². The largest absolute Gasteiger partial charge is 0.497 e. The van der Waals surface area contributed by atoms with Crippen molar-refractivity contribution in [1.82, 2.24) is 5.32 Å². The number of hydrogen-bond acceptors (Lipinski definition) is 5. The van der Waals surface area contributed by atoms with Crippen molar-refractivity contribution in [1.29, 1.82) is 0 Å². The zero-order valence-electron chi connectivity index (χ0n) is 20.2. The SMILES string of the molecule is COc1ccc(S(=O)(=O)N(CC(=O)NCCOc2ccc3ccccc3c2)c2ccc(C)cc2)cc1. The molecule has 4 aromatic carbocycles. The molecule has 0 bridgehead atoms. The van der Waals surface area contributed by atoms with Crippen molar-refractivity contribution in [2.75, 3.05) is 31.1 Å². The molecule has 0 saturated carbocycles. The fraction of sp³-hybridized carbons (Fsp3) is 0.179. The van der Waals surface area contributed by atoms with Crippen molar-refractivity contribution in [3.05, 3.63) is 96.6 Å². The Labute approximate surface area is 211 Å². The molecule has 7 nitrogen and oxygen atoms in total. The van der Waals surface area contributed by atoms with Crippen molar-refractivity contribution in [2.24, 2.45) is 0 Å². The minimum absolute atomic E-state index is 0.0660. The van der Waals surface area contributed by atoms with Crippen LogP contribution in [0.25, 0.3) is 10.8 Å². The number of carbonyl (C=O) groups is 1. The predicted octanol–water partition coefficient (Wildman–Crippen LogP) is 4.55. The van der Waals surface area contributed by atoms with Crippen LogP contribution in [0.1, 0.15) is 5.56 Å². The van der Waals surface area contributed by atoms with Crippen LogP contribution in [0.5, 0.6) is 11.5 Å². The van der Waals surface area contributed by atoms with Gasteiger partial charge in [0.15, 0.2) is 0 Å². The van der Waals surface area contributed by atoms with Gasteiger partial charge in [-0.3, -0.25) is 9.10 Å². The molecule has 0 spiro atoms. The third kappa shape index (κ3) is 5.95. The van der Waals surface area contributed by atoms with E-state index in [0.717, 1.165) is 20.6 Å². The third-order valence-electron chi connectivity index (χ3n) is 5.67. The number of ether oxygens (including phenoxy) is 2. The summed E-state index contributed by atoms with van der Waals surface area (Å²) < 4.78 is 38.9. The lowest BCUT2D eigenvalue weighted by atomic mass is 10.1. The second kappa shape index (κ2) is 11.1. The van der Waals surface area contributed by atoms with Gasteiger partial charge < -0.3 is 14.8 Å². The van der Waals surface area contributed by atoms with Gasteiger partial charge in [0.2, 0.25) is 5.91 Å². The summed E-state index contributed by atoms with van der Waals surface area (Å²) >= 11 is 0. The Balaban J connectivity index is 1.42. The Kier molecular flexibility index (Phi) is 7.75. The van der Waals surface area contributed by atoms with Crippen molar-refractivity contribution in [3.8, 4) is 11.5 Å². The number of rotatable bonds is 10. The molecule has 0 aromatic heterocycles. The van der Waals surface area contributed by atoms with Crippen LogP contribution in [0, 0.1) is 6.92 Å². The van der Waals surface area contributed by atoms with Gasteiger partial charge in [-0.05, 0) is 66.2 Å². The molecule has 0 atom stereocenters. The van der Waals surface area contributed by atoms with E-state index in [1.807, 2.05) is 49.4 Å². The lowest BCUT2D eigenvalue weighted by Gasteiger charge is -2.24. The van der Waals surface area contributed by atoms with Crippen LogP contribution in [0.3, 0.4) is 0 Å². The molecule has 0 saturated heterocycles. The average Bonchev–Trinajstić information content (AvgIpc) is 2.90. The standard InChI is InChI=1S/C28H28N2O5S/c1-21-7-10-24(11-8-21)30(36(32,33)27-15-13-25(34-2)14-16-27)20-28(31)29-17-18-35-26-12-9-22-5-3-4-6-23(22)19-26/h3-16,19H,17-18,20H2,1-2H3,(H,29,31). The summed E-state index contributed by atoms with van der Waals surface area (Å²) in [6, 6.07) is 26.8. The van der Waals surface area contributed by atoms with E-state index < -0.39 is 15.9 Å². The first-order valence-electron chi connectivity index (χ1n) is 11.5. The fourth-order valence-corrected chi connectivity index (χ4v) is 5.12. The summed E-state index contributed by atoms with van der Waals surface area (Å²) in [5.41, 5.74) is 1.38. The molecule has 0 radical (unpaired) electrons. The first kappa shape index (κ1) is 25.1. The maximum absolute atomic E-state index is 13.5. The lowest BCUT2D eigenvalue weighted by Crippen LogP contribution is -2.41. The molecule has 0 unspecified atom stereocenters. The van der Waals surface area contributed by atoms with Gasteiger partial charge in [0.05, 0.1) is 24.2 Å². The van der Waals surface area contributed by atoms with Crippen LogP contribution < -0.4 is 19.1 Å². The van der Waals surface area contributed by atoms with Gasteiger partial charge in [-0.2, -0.15) is 0 Å². The number of anilines is 1. The predicted molar refractivity (Wildman–Crippen MR) is 141 cm³/mol. The maximum Gasteiger partial charge on any atom is 0.264 e.